The number of hydrogen-bond acceptors (Lipinski definition) is 4. The number of carbonyl (C=O) groups excluding carboxylic acids is 1. The molecule has 1 N–H and O–H groups in total. The van der Waals surface area contributed by atoms with E-state index in [1.54, 1.807) is 29.7 Å². The molecule has 4 rings (SSSR count). The molecular formula is C22H23FN4O2S. The lowest BCUT2D eigenvalue weighted by molar-refractivity contribution is -0.123. The van der Waals surface area contributed by atoms with Crippen LogP contribution in [0.15, 0.2) is 41.3 Å². The van der Waals surface area contributed by atoms with Crippen molar-refractivity contribution in [1.29, 1.82) is 0 Å². The number of halogens is 1. The second kappa shape index (κ2) is 7.36. The molecule has 0 spiro atoms. The summed E-state index contributed by atoms with van der Waals surface area (Å²) in [5.41, 5.74) is 1.60. The zero-order valence-corrected chi connectivity index (χ0v) is 18.1. The Hall–Kier alpha value is -3.00. The van der Waals surface area contributed by atoms with Gasteiger partial charge in [0.15, 0.2) is 0 Å². The number of nitrogens with zero attached hydrogens (tertiary/aromatic N) is 3. The van der Waals surface area contributed by atoms with Gasteiger partial charge in [0.2, 0.25) is 5.91 Å². The molecule has 0 unspecified atom stereocenters. The van der Waals surface area contributed by atoms with Gasteiger partial charge < -0.3 is 9.88 Å². The van der Waals surface area contributed by atoms with Gasteiger partial charge in [-0.15, -0.1) is 11.3 Å². The smallest absolute Gasteiger partial charge is 0.291 e. The average Bonchev–Trinajstić information content (AvgIpc) is 3.14. The molecule has 1 amide bonds. The molecule has 0 aliphatic rings. The highest BCUT2D eigenvalue weighted by molar-refractivity contribution is 7.20. The number of aromatic nitrogens is 3. The van der Waals surface area contributed by atoms with Gasteiger partial charge in [-0.25, -0.2) is 9.07 Å². The van der Waals surface area contributed by atoms with E-state index in [4.69, 9.17) is 0 Å². The molecule has 0 saturated carbocycles. The van der Waals surface area contributed by atoms with Crippen molar-refractivity contribution in [3.8, 4) is 0 Å². The molecule has 0 fully saturated rings. The predicted molar refractivity (Wildman–Crippen MR) is 118 cm³/mol. The highest BCUT2D eigenvalue weighted by Gasteiger charge is 2.20. The fourth-order valence-corrected chi connectivity index (χ4v) is 4.59. The summed E-state index contributed by atoms with van der Waals surface area (Å²) < 4.78 is 17.4. The zero-order chi connectivity index (χ0) is 21.6. The zero-order valence-electron chi connectivity index (χ0n) is 17.3. The second-order valence-electron chi connectivity index (χ2n) is 8.45. The van der Waals surface area contributed by atoms with Crippen molar-refractivity contribution in [1.82, 2.24) is 19.7 Å². The van der Waals surface area contributed by atoms with Crippen LogP contribution in [0.2, 0.25) is 0 Å². The van der Waals surface area contributed by atoms with E-state index < -0.39 is 5.54 Å². The van der Waals surface area contributed by atoms with Crippen molar-refractivity contribution in [2.24, 2.45) is 0 Å². The fraction of sp³-hybridized carbons (Fsp3) is 0.318. The maximum Gasteiger partial charge on any atom is 0.291 e. The normalized spacial score (nSPS) is 12.0. The van der Waals surface area contributed by atoms with Crippen molar-refractivity contribution >= 4 is 38.4 Å². The molecule has 3 aromatic heterocycles. The maximum atomic E-state index is 13.3. The van der Waals surface area contributed by atoms with Crippen LogP contribution < -0.4 is 10.9 Å². The minimum atomic E-state index is -0.395. The Balaban J connectivity index is 1.84. The lowest BCUT2D eigenvalue weighted by atomic mass is 10.1. The molecule has 0 saturated heterocycles. The summed E-state index contributed by atoms with van der Waals surface area (Å²) in [4.78, 5) is 26.8. The van der Waals surface area contributed by atoms with Crippen LogP contribution >= 0.6 is 11.3 Å². The lowest BCUT2D eigenvalue weighted by Crippen LogP contribution is -2.44. The molecule has 0 aliphatic carbocycles. The third kappa shape index (κ3) is 3.87. The van der Waals surface area contributed by atoms with E-state index in [2.05, 4.69) is 10.4 Å². The van der Waals surface area contributed by atoms with Crippen molar-refractivity contribution in [3.05, 3.63) is 63.1 Å². The van der Waals surface area contributed by atoms with E-state index in [1.807, 2.05) is 38.3 Å². The molecule has 1 aromatic carbocycles. The first-order valence-corrected chi connectivity index (χ1v) is 10.5. The summed E-state index contributed by atoms with van der Waals surface area (Å²) in [5, 5.41) is 7.87. The maximum absolute atomic E-state index is 13.3. The SMILES string of the molecule is Cc1cc2c(s1)c1cnn(CC(=O)NC(C)(C)C)c(=O)c1n2Cc1ccc(F)cc1. The molecule has 4 aromatic rings. The number of amides is 1. The van der Waals surface area contributed by atoms with Gasteiger partial charge in [0, 0.05) is 22.3 Å². The Morgan fingerprint density at radius 2 is 1.93 bits per heavy atom. The van der Waals surface area contributed by atoms with E-state index in [-0.39, 0.29) is 23.8 Å². The summed E-state index contributed by atoms with van der Waals surface area (Å²) in [5.74, 6) is -0.574. The molecule has 6 nitrogen and oxygen atoms in total. The van der Waals surface area contributed by atoms with Crippen molar-refractivity contribution in [2.75, 3.05) is 0 Å². The van der Waals surface area contributed by atoms with Gasteiger partial charge in [-0.3, -0.25) is 9.59 Å². The Morgan fingerprint density at radius 1 is 1.23 bits per heavy atom. The van der Waals surface area contributed by atoms with E-state index in [9.17, 15) is 14.0 Å². The van der Waals surface area contributed by atoms with Gasteiger partial charge in [-0.05, 0) is 51.5 Å². The van der Waals surface area contributed by atoms with Gasteiger partial charge in [-0.2, -0.15) is 5.10 Å². The molecule has 3 heterocycles. The quantitative estimate of drug-likeness (QED) is 0.539. The number of thiophene rings is 1. The van der Waals surface area contributed by atoms with Crippen LogP contribution in [0.1, 0.15) is 31.2 Å². The first-order chi connectivity index (χ1) is 14.1. The Bertz CT molecular complexity index is 1310. The topological polar surface area (TPSA) is 68.9 Å². The van der Waals surface area contributed by atoms with Crippen molar-refractivity contribution < 1.29 is 9.18 Å². The van der Waals surface area contributed by atoms with E-state index in [1.165, 1.54) is 16.8 Å². The number of fused-ring (bicyclic) bond motifs is 3. The fourth-order valence-electron chi connectivity index (χ4n) is 3.56. The first kappa shape index (κ1) is 20.3. The molecule has 0 radical (unpaired) electrons. The summed E-state index contributed by atoms with van der Waals surface area (Å²) in [6.45, 7) is 7.94. The summed E-state index contributed by atoms with van der Waals surface area (Å²) in [6, 6.07) is 8.28. The Labute approximate surface area is 176 Å². The number of benzene rings is 1. The highest BCUT2D eigenvalue weighted by atomic mass is 32.1. The summed E-state index contributed by atoms with van der Waals surface area (Å²) in [6.07, 6.45) is 1.65. The van der Waals surface area contributed by atoms with Crippen LogP contribution in [-0.2, 0) is 17.9 Å². The summed E-state index contributed by atoms with van der Waals surface area (Å²) >= 11 is 1.60. The van der Waals surface area contributed by atoms with Crippen LogP contribution in [0.5, 0.6) is 0 Å². The molecule has 0 aliphatic heterocycles. The number of rotatable bonds is 4. The van der Waals surface area contributed by atoms with Crippen LogP contribution in [-0.4, -0.2) is 25.8 Å². The van der Waals surface area contributed by atoms with Crippen LogP contribution in [0.4, 0.5) is 4.39 Å². The first-order valence-electron chi connectivity index (χ1n) is 9.66. The standard InChI is InChI=1S/C22H23FN4O2S/c1-13-9-17-20(30-13)16-10-24-27(12-18(28)25-22(2,3)4)21(29)19(16)26(17)11-14-5-7-15(23)8-6-14/h5-10H,11-12H2,1-4H3,(H,25,28). The Kier molecular flexibility index (Phi) is 4.97. The second-order valence-corrected chi connectivity index (χ2v) is 9.71. The monoisotopic (exact) mass is 426 g/mol. The molecule has 156 valence electrons. The van der Waals surface area contributed by atoms with Gasteiger partial charge in [0.25, 0.3) is 5.56 Å². The number of carbonyl (C=O) groups is 1. The summed E-state index contributed by atoms with van der Waals surface area (Å²) in [7, 11) is 0. The molecule has 30 heavy (non-hydrogen) atoms. The van der Waals surface area contributed by atoms with Crippen LogP contribution in [0.25, 0.3) is 21.1 Å². The third-order valence-electron chi connectivity index (χ3n) is 4.72. The van der Waals surface area contributed by atoms with Gasteiger partial charge >= 0.3 is 0 Å². The lowest BCUT2D eigenvalue weighted by Gasteiger charge is -2.20. The van der Waals surface area contributed by atoms with Crippen molar-refractivity contribution in [3.63, 3.8) is 0 Å². The number of aryl methyl sites for hydroxylation is 1. The van der Waals surface area contributed by atoms with Crippen LogP contribution in [0, 0.1) is 12.7 Å². The molecule has 0 atom stereocenters. The number of hydrogen-bond donors (Lipinski definition) is 1. The van der Waals surface area contributed by atoms with Crippen molar-refractivity contribution in [2.45, 2.75) is 46.3 Å². The number of nitrogens with one attached hydrogen (secondary N) is 1. The largest absolute Gasteiger partial charge is 0.350 e. The predicted octanol–water partition coefficient (Wildman–Crippen LogP) is 3.82. The molecular weight excluding hydrogens is 403 g/mol. The van der Waals surface area contributed by atoms with E-state index >= 15 is 0 Å². The Morgan fingerprint density at radius 3 is 2.60 bits per heavy atom. The molecule has 8 heteroatoms. The van der Waals surface area contributed by atoms with Gasteiger partial charge in [0.05, 0.1) is 16.4 Å². The minimum Gasteiger partial charge on any atom is -0.350 e. The third-order valence-corrected chi connectivity index (χ3v) is 5.79. The minimum absolute atomic E-state index is 0.152. The van der Waals surface area contributed by atoms with E-state index in [0.29, 0.717) is 12.1 Å². The van der Waals surface area contributed by atoms with E-state index in [0.717, 1.165) is 26.0 Å². The average molecular weight is 427 g/mol. The van der Waals surface area contributed by atoms with Gasteiger partial charge in [-0.1, -0.05) is 12.1 Å². The van der Waals surface area contributed by atoms with Crippen LogP contribution in [0.3, 0.4) is 0 Å². The van der Waals surface area contributed by atoms with Gasteiger partial charge in [0.1, 0.15) is 17.9 Å². The molecule has 0 bridgehead atoms. The highest BCUT2D eigenvalue weighted by Crippen LogP contribution is 2.34.